The molecule has 0 aromatic heterocycles. The molecule has 0 heterocycles. The Bertz CT molecular complexity index is 586. The maximum Gasteiger partial charge on any atom is 0.223 e. The summed E-state index contributed by atoms with van der Waals surface area (Å²) in [6, 6.07) is 5.88. The van der Waals surface area contributed by atoms with Gasteiger partial charge in [-0.3, -0.25) is 4.79 Å². The normalized spacial score (nSPS) is 24.9. The van der Waals surface area contributed by atoms with Gasteiger partial charge in [0.15, 0.2) is 11.5 Å². The molecule has 0 radical (unpaired) electrons. The van der Waals surface area contributed by atoms with E-state index in [4.69, 9.17) is 9.47 Å². The molecule has 2 aliphatic carbocycles. The van der Waals surface area contributed by atoms with Crippen LogP contribution >= 0.6 is 0 Å². The molecule has 2 bridgehead atoms. The van der Waals surface area contributed by atoms with E-state index in [2.05, 4.69) is 6.92 Å². The van der Waals surface area contributed by atoms with E-state index in [1.54, 1.807) is 14.2 Å². The second-order valence-corrected chi connectivity index (χ2v) is 7.24. The lowest BCUT2D eigenvalue weighted by Crippen LogP contribution is -2.32. The van der Waals surface area contributed by atoms with E-state index in [9.17, 15) is 4.79 Å². The molecule has 2 saturated carbocycles. The van der Waals surface area contributed by atoms with Crippen LogP contribution in [0.1, 0.15) is 44.6 Å². The Morgan fingerprint density at radius 1 is 1.17 bits per heavy atom. The Kier molecular flexibility index (Phi) is 5.32. The molecule has 3 unspecified atom stereocenters. The van der Waals surface area contributed by atoms with Crippen LogP contribution in [0.5, 0.6) is 11.5 Å². The Balaban J connectivity index is 1.62. The van der Waals surface area contributed by atoms with Crippen LogP contribution in [0.15, 0.2) is 18.2 Å². The summed E-state index contributed by atoms with van der Waals surface area (Å²) in [5.74, 6) is 4.05. The first kappa shape index (κ1) is 17.1. The SMILES string of the molecule is CCN(Cc1ccc(OC)c(OC)c1)C(=O)CC1CC2CCC1C2. The van der Waals surface area contributed by atoms with Crippen molar-refractivity contribution >= 4 is 5.91 Å². The number of rotatable bonds is 7. The molecule has 132 valence electrons. The molecule has 0 N–H and O–H groups in total. The smallest absolute Gasteiger partial charge is 0.223 e. The van der Waals surface area contributed by atoms with Gasteiger partial charge in [-0.25, -0.2) is 0 Å². The predicted octanol–water partition coefficient (Wildman–Crippen LogP) is 3.88. The molecular weight excluding hydrogens is 302 g/mol. The molecule has 4 heteroatoms. The average Bonchev–Trinajstić information content (AvgIpc) is 3.22. The summed E-state index contributed by atoms with van der Waals surface area (Å²) in [5.41, 5.74) is 1.08. The number of hydrogen-bond donors (Lipinski definition) is 0. The van der Waals surface area contributed by atoms with Crippen LogP contribution in [-0.4, -0.2) is 31.6 Å². The van der Waals surface area contributed by atoms with Crippen molar-refractivity contribution in [3.63, 3.8) is 0 Å². The Morgan fingerprint density at radius 2 is 1.96 bits per heavy atom. The predicted molar refractivity (Wildman–Crippen MR) is 94.2 cm³/mol. The topological polar surface area (TPSA) is 38.8 Å². The van der Waals surface area contributed by atoms with Crippen LogP contribution in [-0.2, 0) is 11.3 Å². The molecule has 0 spiro atoms. The van der Waals surface area contributed by atoms with Crippen molar-refractivity contribution in [2.24, 2.45) is 17.8 Å². The van der Waals surface area contributed by atoms with Gasteiger partial charge in [0.1, 0.15) is 0 Å². The van der Waals surface area contributed by atoms with Crippen molar-refractivity contribution in [3.05, 3.63) is 23.8 Å². The Labute approximate surface area is 145 Å². The number of methoxy groups -OCH3 is 2. The minimum absolute atomic E-state index is 0.296. The van der Waals surface area contributed by atoms with Crippen molar-refractivity contribution in [1.82, 2.24) is 4.90 Å². The number of nitrogens with zero attached hydrogens (tertiary/aromatic N) is 1. The summed E-state index contributed by atoms with van der Waals surface area (Å²) in [6.07, 6.45) is 6.08. The van der Waals surface area contributed by atoms with Crippen LogP contribution in [0.2, 0.25) is 0 Å². The first-order valence-electron chi connectivity index (χ1n) is 9.13. The van der Waals surface area contributed by atoms with E-state index in [1.165, 1.54) is 25.7 Å². The van der Waals surface area contributed by atoms with Gasteiger partial charge in [-0.1, -0.05) is 12.5 Å². The van der Waals surface area contributed by atoms with Gasteiger partial charge >= 0.3 is 0 Å². The van der Waals surface area contributed by atoms with Crippen LogP contribution in [0.3, 0.4) is 0 Å². The fourth-order valence-electron chi connectivity index (χ4n) is 4.56. The summed E-state index contributed by atoms with van der Waals surface area (Å²) in [7, 11) is 3.27. The van der Waals surface area contributed by atoms with Crippen LogP contribution in [0.25, 0.3) is 0 Å². The number of amides is 1. The third-order valence-corrected chi connectivity index (χ3v) is 5.88. The van der Waals surface area contributed by atoms with Crippen molar-refractivity contribution in [2.75, 3.05) is 20.8 Å². The van der Waals surface area contributed by atoms with Gasteiger partial charge in [0, 0.05) is 19.5 Å². The maximum atomic E-state index is 12.8. The second kappa shape index (κ2) is 7.45. The van der Waals surface area contributed by atoms with E-state index < -0.39 is 0 Å². The highest BCUT2D eigenvalue weighted by molar-refractivity contribution is 5.76. The summed E-state index contributed by atoms with van der Waals surface area (Å²) >= 11 is 0. The van der Waals surface area contributed by atoms with Crippen molar-refractivity contribution in [3.8, 4) is 11.5 Å². The molecule has 1 aromatic rings. The number of carbonyl (C=O) groups is 1. The van der Waals surface area contributed by atoms with Gasteiger partial charge in [0.25, 0.3) is 0 Å². The number of benzene rings is 1. The van der Waals surface area contributed by atoms with Crippen LogP contribution in [0, 0.1) is 17.8 Å². The van der Waals surface area contributed by atoms with E-state index >= 15 is 0 Å². The van der Waals surface area contributed by atoms with Gasteiger partial charge in [0.2, 0.25) is 5.91 Å². The fourth-order valence-corrected chi connectivity index (χ4v) is 4.56. The minimum Gasteiger partial charge on any atom is -0.493 e. The van der Waals surface area contributed by atoms with Crippen LogP contribution in [0.4, 0.5) is 0 Å². The molecule has 1 amide bonds. The molecule has 2 fully saturated rings. The molecule has 0 aliphatic heterocycles. The lowest BCUT2D eigenvalue weighted by Gasteiger charge is -2.26. The van der Waals surface area contributed by atoms with E-state index in [0.29, 0.717) is 24.1 Å². The number of fused-ring (bicyclic) bond motifs is 2. The summed E-state index contributed by atoms with van der Waals surface area (Å²) in [6.45, 7) is 3.43. The van der Waals surface area contributed by atoms with Gasteiger partial charge in [-0.2, -0.15) is 0 Å². The summed E-state index contributed by atoms with van der Waals surface area (Å²) in [4.78, 5) is 14.7. The third kappa shape index (κ3) is 3.52. The minimum atomic E-state index is 0.296. The van der Waals surface area contributed by atoms with Gasteiger partial charge in [0.05, 0.1) is 14.2 Å². The quantitative estimate of drug-likeness (QED) is 0.761. The maximum absolute atomic E-state index is 12.8. The third-order valence-electron chi connectivity index (χ3n) is 5.88. The highest BCUT2D eigenvalue weighted by atomic mass is 16.5. The first-order valence-corrected chi connectivity index (χ1v) is 9.13. The standard InChI is InChI=1S/C20H29NO3/c1-4-21(13-15-6-8-18(23-2)19(11-15)24-3)20(22)12-17-10-14-5-7-16(17)9-14/h6,8,11,14,16-17H,4-5,7,9-10,12-13H2,1-3H3. The second-order valence-electron chi connectivity index (χ2n) is 7.24. The zero-order chi connectivity index (χ0) is 17.1. The summed E-state index contributed by atoms with van der Waals surface area (Å²) < 4.78 is 10.6. The molecule has 24 heavy (non-hydrogen) atoms. The molecule has 3 atom stereocenters. The number of ether oxygens (including phenoxy) is 2. The monoisotopic (exact) mass is 331 g/mol. The van der Waals surface area contributed by atoms with Crippen molar-refractivity contribution in [2.45, 2.75) is 45.6 Å². The fraction of sp³-hybridized carbons (Fsp3) is 0.650. The van der Waals surface area contributed by atoms with Gasteiger partial charge in [-0.05, 0) is 61.6 Å². The zero-order valence-corrected chi connectivity index (χ0v) is 15.1. The molecule has 2 aliphatic rings. The van der Waals surface area contributed by atoms with Gasteiger partial charge < -0.3 is 14.4 Å². The lowest BCUT2D eigenvalue weighted by molar-refractivity contribution is -0.133. The van der Waals surface area contributed by atoms with Crippen LogP contribution < -0.4 is 9.47 Å². The van der Waals surface area contributed by atoms with Crippen molar-refractivity contribution in [1.29, 1.82) is 0 Å². The van der Waals surface area contributed by atoms with E-state index in [0.717, 1.165) is 36.1 Å². The summed E-state index contributed by atoms with van der Waals surface area (Å²) in [5, 5.41) is 0. The first-order chi connectivity index (χ1) is 11.6. The molecule has 3 rings (SSSR count). The number of hydrogen-bond acceptors (Lipinski definition) is 3. The van der Waals surface area contributed by atoms with E-state index in [1.807, 2.05) is 23.1 Å². The zero-order valence-electron chi connectivity index (χ0n) is 15.1. The molecular formula is C20H29NO3. The molecule has 0 saturated heterocycles. The van der Waals surface area contributed by atoms with Crippen molar-refractivity contribution < 1.29 is 14.3 Å². The van der Waals surface area contributed by atoms with E-state index in [-0.39, 0.29) is 0 Å². The van der Waals surface area contributed by atoms with Gasteiger partial charge in [-0.15, -0.1) is 0 Å². The lowest BCUT2D eigenvalue weighted by atomic mass is 9.86. The Hall–Kier alpha value is -1.71. The highest BCUT2D eigenvalue weighted by Crippen LogP contribution is 2.49. The molecule has 4 nitrogen and oxygen atoms in total. The molecule has 1 aromatic carbocycles. The highest BCUT2D eigenvalue weighted by Gasteiger charge is 2.40. The largest absolute Gasteiger partial charge is 0.493 e. The average molecular weight is 331 g/mol. The Morgan fingerprint density at radius 3 is 2.54 bits per heavy atom. The number of carbonyl (C=O) groups excluding carboxylic acids is 1.